The van der Waals surface area contributed by atoms with E-state index in [9.17, 15) is 55.4 Å². The van der Waals surface area contributed by atoms with Crippen LogP contribution < -0.4 is 10.9 Å². The molecule has 0 unspecified atom stereocenters. The standard InChI is InChI=1S/C28H20F6N2O8/c1-14-8-10-15(11-9-14)22(37)35-36-23(38)20(43-25(41)16-4-2-6-18(12-16)27(29,30)31)21(24(39)40)44-26(42)17-5-3-7-19(13-17)28(32,33)34/h2-13,20-21H,1H3,(H,35,37)(H,36,38)(H,39,40)/t20-,21+/m0/s1. The number of aryl methyl sites for hydroxylation is 1. The lowest BCUT2D eigenvalue weighted by Crippen LogP contribution is -2.54. The molecule has 44 heavy (non-hydrogen) atoms. The average molecular weight is 626 g/mol. The number of halogens is 6. The Morgan fingerprint density at radius 3 is 1.55 bits per heavy atom. The number of aliphatic carboxylic acids is 1. The summed E-state index contributed by atoms with van der Waals surface area (Å²) in [6.45, 7) is 1.72. The summed E-state index contributed by atoms with van der Waals surface area (Å²) in [5.74, 6) is -8.08. The molecule has 2 amide bonds. The number of benzene rings is 3. The van der Waals surface area contributed by atoms with Crippen molar-refractivity contribution >= 4 is 29.7 Å². The minimum absolute atomic E-state index is 0.0131. The Hall–Kier alpha value is -5.41. The number of carbonyl (C=O) groups excluding carboxylic acids is 4. The van der Waals surface area contributed by atoms with Crippen molar-refractivity contribution in [2.24, 2.45) is 0 Å². The third kappa shape index (κ3) is 8.56. The second kappa shape index (κ2) is 13.3. The summed E-state index contributed by atoms with van der Waals surface area (Å²) in [4.78, 5) is 62.8. The highest BCUT2D eigenvalue weighted by Crippen LogP contribution is 2.31. The lowest BCUT2D eigenvalue weighted by Gasteiger charge is -2.24. The van der Waals surface area contributed by atoms with Gasteiger partial charge in [0.2, 0.25) is 12.2 Å². The monoisotopic (exact) mass is 626 g/mol. The molecular weight excluding hydrogens is 606 g/mol. The number of ether oxygens (including phenoxy) is 2. The molecule has 0 aliphatic rings. The molecule has 0 radical (unpaired) electrons. The molecule has 0 aliphatic carbocycles. The van der Waals surface area contributed by atoms with Crippen LogP contribution in [0.3, 0.4) is 0 Å². The summed E-state index contributed by atoms with van der Waals surface area (Å²) in [5.41, 5.74) is 0.258. The quantitative estimate of drug-likeness (QED) is 0.190. The summed E-state index contributed by atoms with van der Waals surface area (Å²) >= 11 is 0. The van der Waals surface area contributed by atoms with Crippen LogP contribution in [0.4, 0.5) is 26.3 Å². The maximum Gasteiger partial charge on any atom is 0.416 e. The highest BCUT2D eigenvalue weighted by Gasteiger charge is 2.42. The first kappa shape index (κ1) is 33.1. The topological polar surface area (TPSA) is 148 Å². The van der Waals surface area contributed by atoms with Crippen LogP contribution in [-0.4, -0.2) is 47.0 Å². The van der Waals surface area contributed by atoms with E-state index in [2.05, 4.69) is 0 Å². The third-order valence-corrected chi connectivity index (χ3v) is 5.71. The molecule has 232 valence electrons. The highest BCUT2D eigenvalue weighted by molar-refractivity contribution is 5.99. The summed E-state index contributed by atoms with van der Waals surface area (Å²) < 4.78 is 88.3. The van der Waals surface area contributed by atoms with Crippen LogP contribution in [0.15, 0.2) is 72.8 Å². The van der Waals surface area contributed by atoms with Crippen molar-refractivity contribution in [1.29, 1.82) is 0 Å². The van der Waals surface area contributed by atoms with Gasteiger partial charge in [-0.1, -0.05) is 29.8 Å². The molecule has 10 nitrogen and oxygen atoms in total. The van der Waals surface area contributed by atoms with Crippen molar-refractivity contribution in [2.45, 2.75) is 31.5 Å². The minimum Gasteiger partial charge on any atom is -0.478 e. The number of hydrogen-bond donors (Lipinski definition) is 3. The Bertz CT molecular complexity index is 1570. The molecule has 3 N–H and O–H groups in total. The fourth-order valence-corrected chi connectivity index (χ4v) is 3.47. The molecule has 0 aliphatic heterocycles. The second-order valence-electron chi connectivity index (χ2n) is 8.96. The molecule has 3 aromatic carbocycles. The van der Waals surface area contributed by atoms with Crippen LogP contribution >= 0.6 is 0 Å². The maximum atomic E-state index is 13.1. The van der Waals surface area contributed by atoms with Gasteiger partial charge < -0.3 is 14.6 Å². The summed E-state index contributed by atoms with van der Waals surface area (Å²) in [7, 11) is 0. The van der Waals surface area contributed by atoms with Gasteiger partial charge in [0, 0.05) is 5.56 Å². The Morgan fingerprint density at radius 1 is 0.659 bits per heavy atom. The number of nitrogens with one attached hydrogen (secondary N) is 2. The zero-order valence-corrected chi connectivity index (χ0v) is 22.2. The van der Waals surface area contributed by atoms with Crippen molar-refractivity contribution in [1.82, 2.24) is 10.9 Å². The van der Waals surface area contributed by atoms with Crippen molar-refractivity contribution in [3.8, 4) is 0 Å². The number of hydrogen-bond acceptors (Lipinski definition) is 7. The fourth-order valence-electron chi connectivity index (χ4n) is 3.47. The van der Waals surface area contributed by atoms with Gasteiger partial charge in [-0.2, -0.15) is 26.3 Å². The number of rotatable bonds is 8. The van der Waals surface area contributed by atoms with Gasteiger partial charge in [-0.15, -0.1) is 0 Å². The van der Waals surface area contributed by atoms with Crippen LogP contribution in [0, 0.1) is 6.92 Å². The number of carboxylic acid groups (broad SMARTS) is 1. The number of alkyl halides is 6. The van der Waals surface area contributed by atoms with Crippen molar-refractivity contribution < 1.29 is 64.9 Å². The normalized spacial score (nSPS) is 12.8. The number of amides is 2. The number of hydrazine groups is 1. The molecule has 0 aromatic heterocycles. The Balaban J connectivity index is 1.92. The molecule has 0 saturated carbocycles. The van der Waals surface area contributed by atoms with Crippen LogP contribution in [0.5, 0.6) is 0 Å². The van der Waals surface area contributed by atoms with Crippen LogP contribution in [0.25, 0.3) is 0 Å². The van der Waals surface area contributed by atoms with Gasteiger partial charge in [0.05, 0.1) is 22.3 Å². The lowest BCUT2D eigenvalue weighted by molar-refractivity contribution is -0.159. The fraction of sp³-hybridized carbons (Fsp3) is 0.179. The van der Waals surface area contributed by atoms with Gasteiger partial charge in [0.25, 0.3) is 11.8 Å². The van der Waals surface area contributed by atoms with E-state index in [4.69, 9.17) is 9.47 Å². The van der Waals surface area contributed by atoms with E-state index in [1.165, 1.54) is 12.1 Å². The summed E-state index contributed by atoms with van der Waals surface area (Å²) in [5, 5.41) is 9.72. The Morgan fingerprint density at radius 2 is 1.11 bits per heavy atom. The molecule has 0 heterocycles. The van der Waals surface area contributed by atoms with E-state index < -0.39 is 76.5 Å². The minimum atomic E-state index is -4.91. The van der Waals surface area contributed by atoms with E-state index in [0.717, 1.165) is 29.8 Å². The number of carbonyl (C=O) groups is 5. The van der Waals surface area contributed by atoms with E-state index >= 15 is 0 Å². The van der Waals surface area contributed by atoms with E-state index in [1.54, 1.807) is 24.5 Å². The highest BCUT2D eigenvalue weighted by atomic mass is 19.4. The van der Waals surface area contributed by atoms with Gasteiger partial charge >= 0.3 is 30.3 Å². The van der Waals surface area contributed by atoms with Crippen molar-refractivity contribution in [3.05, 3.63) is 106 Å². The number of esters is 2. The van der Waals surface area contributed by atoms with E-state index in [-0.39, 0.29) is 5.56 Å². The van der Waals surface area contributed by atoms with Crippen molar-refractivity contribution in [3.63, 3.8) is 0 Å². The first-order valence-electron chi connectivity index (χ1n) is 12.1. The molecule has 16 heteroatoms. The van der Waals surface area contributed by atoms with Crippen LogP contribution in [0.1, 0.15) is 47.8 Å². The van der Waals surface area contributed by atoms with Gasteiger partial charge in [0.1, 0.15) is 0 Å². The molecule has 0 saturated heterocycles. The van der Waals surface area contributed by atoms with Gasteiger partial charge in [0.15, 0.2) is 0 Å². The predicted molar refractivity (Wildman–Crippen MR) is 136 cm³/mol. The largest absolute Gasteiger partial charge is 0.478 e. The zero-order valence-electron chi connectivity index (χ0n) is 22.2. The number of carboxylic acids is 1. The maximum absolute atomic E-state index is 13.1. The molecule has 2 atom stereocenters. The lowest BCUT2D eigenvalue weighted by atomic mass is 10.1. The smallest absolute Gasteiger partial charge is 0.416 e. The first-order valence-corrected chi connectivity index (χ1v) is 12.1. The Kier molecular flexibility index (Phi) is 9.98. The predicted octanol–water partition coefficient (Wildman–Crippen LogP) is 4.33. The van der Waals surface area contributed by atoms with Crippen molar-refractivity contribution in [2.75, 3.05) is 0 Å². The first-order chi connectivity index (χ1) is 20.5. The second-order valence-corrected chi connectivity index (χ2v) is 8.96. The Labute approximate surface area is 243 Å². The summed E-state index contributed by atoms with van der Waals surface area (Å²) in [6.07, 6.45) is -15.2. The van der Waals surface area contributed by atoms with Gasteiger partial charge in [-0.05, 0) is 55.5 Å². The summed E-state index contributed by atoms with van der Waals surface area (Å²) in [6, 6.07) is 11.0. The zero-order chi connectivity index (χ0) is 32.8. The van der Waals surface area contributed by atoms with Gasteiger partial charge in [-0.3, -0.25) is 20.4 Å². The average Bonchev–Trinajstić information content (AvgIpc) is 2.96. The molecule has 0 spiro atoms. The SMILES string of the molecule is Cc1ccc(C(=O)NNC(=O)[C@@H](OC(=O)c2cccc(C(F)(F)F)c2)[C@@H](OC(=O)c2cccc(C(F)(F)F)c2)C(=O)O)cc1. The van der Waals surface area contributed by atoms with E-state index in [1.807, 2.05) is 5.43 Å². The van der Waals surface area contributed by atoms with Gasteiger partial charge in [-0.25, -0.2) is 14.4 Å². The van der Waals surface area contributed by atoms with Crippen LogP contribution in [0.2, 0.25) is 0 Å². The molecule has 3 rings (SSSR count). The molecular formula is C28H20F6N2O8. The molecule has 0 fully saturated rings. The molecule has 0 bridgehead atoms. The van der Waals surface area contributed by atoms with E-state index in [0.29, 0.717) is 24.3 Å². The third-order valence-electron chi connectivity index (χ3n) is 5.71. The van der Waals surface area contributed by atoms with Crippen LogP contribution in [-0.2, 0) is 31.4 Å². The molecule has 3 aromatic rings.